The minimum absolute atomic E-state index is 0.259. The smallest absolute Gasteiger partial charge is 0.318 e. The monoisotopic (exact) mass is 527 g/mol. The number of anilines is 2. The molecular weight excluding hydrogens is 494 g/mol. The Morgan fingerprint density at radius 2 is 1.85 bits per heavy atom. The molecule has 0 radical (unpaired) electrons. The maximum Gasteiger partial charge on any atom is 0.318 e. The van der Waals surface area contributed by atoms with E-state index >= 15 is 0 Å². The Labute approximate surface area is 227 Å². The molecule has 0 spiro atoms. The van der Waals surface area contributed by atoms with Gasteiger partial charge in [-0.2, -0.15) is 0 Å². The van der Waals surface area contributed by atoms with Crippen molar-refractivity contribution in [3.8, 4) is 11.4 Å². The number of likely N-dealkylation sites (tertiary alicyclic amines) is 1. The Morgan fingerprint density at radius 1 is 1.05 bits per heavy atom. The number of urea groups is 1. The fourth-order valence-corrected chi connectivity index (χ4v) is 5.30. The minimum Gasteiger partial charge on any atom is -0.378 e. The van der Waals surface area contributed by atoms with E-state index in [-0.39, 0.29) is 6.03 Å². The van der Waals surface area contributed by atoms with Crippen LogP contribution in [0.5, 0.6) is 0 Å². The number of hydrogen-bond donors (Lipinski definition) is 2. The fourth-order valence-electron chi connectivity index (χ4n) is 5.30. The molecule has 2 N–H and O–H groups in total. The van der Waals surface area contributed by atoms with Crippen LogP contribution in [0.25, 0.3) is 22.6 Å². The molecule has 39 heavy (non-hydrogen) atoms. The molecule has 3 aromatic heterocycles. The van der Waals surface area contributed by atoms with Crippen LogP contribution >= 0.6 is 0 Å². The molecule has 0 atom stereocenters. The number of amides is 2. The number of ether oxygens (including phenoxy) is 1. The summed E-state index contributed by atoms with van der Waals surface area (Å²) in [5.41, 5.74) is 4.52. The molecule has 6 rings (SSSR count). The number of hydrogen-bond acceptors (Lipinski definition) is 8. The Kier molecular flexibility index (Phi) is 7.33. The molecule has 0 unspecified atom stereocenters. The van der Waals surface area contributed by atoms with E-state index in [1.54, 1.807) is 7.05 Å². The van der Waals surface area contributed by atoms with E-state index in [4.69, 9.17) is 19.7 Å². The number of pyridine rings is 1. The van der Waals surface area contributed by atoms with E-state index in [1.807, 2.05) is 49.1 Å². The van der Waals surface area contributed by atoms with Gasteiger partial charge in [-0.05, 0) is 48.7 Å². The molecule has 0 aliphatic carbocycles. The van der Waals surface area contributed by atoms with Gasteiger partial charge in [-0.25, -0.2) is 19.7 Å². The van der Waals surface area contributed by atoms with Crippen molar-refractivity contribution >= 4 is 28.7 Å². The SMILES string of the molecule is CNC(=O)Nc1ccc(-c2nc(N3CCOCC3)c3ncn(C4CCN(Cc5cccnc5)CC4)c3n2)cc1. The van der Waals surface area contributed by atoms with Crippen molar-refractivity contribution in [2.45, 2.75) is 25.4 Å². The van der Waals surface area contributed by atoms with Crippen molar-refractivity contribution in [2.75, 3.05) is 56.7 Å². The van der Waals surface area contributed by atoms with Gasteiger partial charge in [-0.15, -0.1) is 0 Å². The molecular formula is C28H33N9O2. The number of benzene rings is 1. The summed E-state index contributed by atoms with van der Waals surface area (Å²) in [5.74, 6) is 1.49. The van der Waals surface area contributed by atoms with Gasteiger partial charge in [0.2, 0.25) is 0 Å². The molecule has 2 aliphatic heterocycles. The molecule has 2 amide bonds. The van der Waals surface area contributed by atoms with E-state index in [0.29, 0.717) is 30.8 Å². The number of imidazole rings is 1. The fraction of sp³-hybridized carbons (Fsp3) is 0.393. The minimum atomic E-state index is -0.259. The Hall–Kier alpha value is -4.09. The van der Waals surface area contributed by atoms with Crippen molar-refractivity contribution in [1.82, 2.24) is 34.7 Å². The summed E-state index contributed by atoms with van der Waals surface area (Å²) in [5, 5.41) is 5.36. The Balaban J connectivity index is 1.29. The first-order valence-electron chi connectivity index (χ1n) is 13.5. The van der Waals surface area contributed by atoms with Gasteiger partial charge in [-0.3, -0.25) is 9.88 Å². The third-order valence-electron chi connectivity index (χ3n) is 7.42. The number of carbonyl (C=O) groups is 1. The zero-order valence-corrected chi connectivity index (χ0v) is 22.1. The van der Waals surface area contributed by atoms with Crippen LogP contribution in [0.3, 0.4) is 0 Å². The van der Waals surface area contributed by atoms with E-state index in [0.717, 1.165) is 68.1 Å². The van der Waals surface area contributed by atoms with Crippen LogP contribution in [0.1, 0.15) is 24.4 Å². The highest BCUT2D eigenvalue weighted by molar-refractivity contribution is 5.89. The van der Waals surface area contributed by atoms with Gasteiger partial charge in [-0.1, -0.05) is 6.07 Å². The van der Waals surface area contributed by atoms with Crippen LogP contribution in [0.2, 0.25) is 0 Å². The first-order valence-corrected chi connectivity index (χ1v) is 13.5. The lowest BCUT2D eigenvalue weighted by molar-refractivity contribution is 0.122. The number of fused-ring (bicyclic) bond motifs is 1. The summed E-state index contributed by atoms with van der Waals surface area (Å²) in [6.07, 6.45) is 7.75. The van der Waals surface area contributed by atoms with Gasteiger partial charge in [0.15, 0.2) is 22.8 Å². The van der Waals surface area contributed by atoms with Crippen LogP contribution in [0.4, 0.5) is 16.3 Å². The number of rotatable bonds is 6. The second-order valence-electron chi connectivity index (χ2n) is 9.94. The lowest BCUT2D eigenvalue weighted by atomic mass is 10.0. The largest absolute Gasteiger partial charge is 0.378 e. The molecule has 11 nitrogen and oxygen atoms in total. The van der Waals surface area contributed by atoms with E-state index in [2.05, 4.69) is 36.1 Å². The number of morpholine rings is 1. The summed E-state index contributed by atoms with van der Waals surface area (Å²) in [7, 11) is 1.59. The van der Waals surface area contributed by atoms with Crippen molar-refractivity contribution in [3.05, 3.63) is 60.7 Å². The Morgan fingerprint density at radius 3 is 2.56 bits per heavy atom. The van der Waals surface area contributed by atoms with Gasteiger partial charge < -0.3 is 24.8 Å². The van der Waals surface area contributed by atoms with Gasteiger partial charge >= 0.3 is 6.03 Å². The second-order valence-corrected chi connectivity index (χ2v) is 9.94. The molecule has 5 heterocycles. The van der Waals surface area contributed by atoms with E-state index in [9.17, 15) is 4.79 Å². The van der Waals surface area contributed by atoms with Gasteiger partial charge in [0, 0.05) is 69.5 Å². The lowest BCUT2D eigenvalue weighted by Gasteiger charge is -2.32. The normalized spacial score (nSPS) is 16.9. The maximum absolute atomic E-state index is 11.7. The highest BCUT2D eigenvalue weighted by atomic mass is 16.5. The van der Waals surface area contributed by atoms with Crippen LogP contribution in [0, 0.1) is 0 Å². The summed E-state index contributed by atoms with van der Waals surface area (Å²) in [4.78, 5) is 35.5. The van der Waals surface area contributed by atoms with Crippen molar-refractivity contribution < 1.29 is 9.53 Å². The Bertz CT molecular complexity index is 1410. The number of nitrogens with one attached hydrogen (secondary N) is 2. The van der Waals surface area contributed by atoms with Crippen LogP contribution in [0.15, 0.2) is 55.1 Å². The predicted molar refractivity (Wildman–Crippen MR) is 150 cm³/mol. The summed E-state index contributed by atoms with van der Waals surface area (Å²) >= 11 is 0. The molecule has 202 valence electrons. The average Bonchev–Trinajstić information content (AvgIpc) is 3.42. The molecule has 1 aromatic carbocycles. The quantitative estimate of drug-likeness (QED) is 0.393. The van der Waals surface area contributed by atoms with E-state index < -0.39 is 0 Å². The standard InChI is InChI=1S/C28H33N9O2/c1-29-28(38)32-22-6-4-21(5-7-22)25-33-26(36-13-15-39-16-14-36)24-27(34-25)37(19-31-24)23-8-11-35(12-9-23)18-20-3-2-10-30-17-20/h2-7,10,17,19,23H,8-9,11-16,18H2,1H3,(H2,29,32,38). The van der Waals surface area contributed by atoms with E-state index in [1.165, 1.54) is 5.56 Å². The predicted octanol–water partition coefficient (Wildman–Crippen LogP) is 3.31. The maximum atomic E-state index is 11.7. The van der Waals surface area contributed by atoms with Gasteiger partial charge in [0.05, 0.1) is 19.5 Å². The number of nitrogens with zero attached hydrogens (tertiary/aromatic N) is 7. The summed E-state index contributed by atoms with van der Waals surface area (Å²) in [6, 6.07) is 11.8. The number of piperidine rings is 1. The van der Waals surface area contributed by atoms with Gasteiger partial charge in [0.25, 0.3) is 0 Å². The molecule has 0 saturated carbocycles. The highest BCUT2D eigenvalue weighted by Gasteiger charge is 2.26. The number of carbonyl (C=O) groups excluding carboxylic acids is 1. The average molecular weight is 528 g/mol. The van der Waals surface area contributed by atoms with Crippen LogP contribution in [-0.4, -0.2) is 81.9 Å². The number of aromatic nitrogens is 5. The molecule has 2 saturated heterocycles. The first kappa shape index (κ1) is 25.2. The zero-order chi connectivity index (χ0) is 26.6. The zero-order valence-electron chi connectivity index (χ0n) is 22.1. The highest BCUT2D eigenvalue weighted by Crippen LogP contribution is 2.32. The summed E-state index contributed by atoms with van der Waals surface area (Å²) in [6.45, 7) is 5.79. The lowest BCUT2D eigenvalue weighted by Crippen LogP contribution is -2.37. The van der Waals surface area contributed by atoms with Crippen molar-refractivity contribution in [2.24, 2.45) is 0 Å². The first-order chi connectivity index (χ1) is 19.2. The molecule has 2 fully saturated rings. The third-order valence-corrected chi connectivity index (χ3v) is 7.42. The van der Waals surface area contributed by atoms with Gasteiger partial charge in [0.1, 0.15) is 0 Å². The second kappa shape index (κ2) is 11.3. The summed E-state index contributed by atoms with van der Waals surface area (Å²) < 4.78 is 7.84. The molecule has 4 aromatic rings. The molecule has 0 bridgehead atoms. The van der Waals surface area contributed by atoms with Crippen LogP contribution < -0.4 is 15.5 Å². The third kappa shape index (κ3) is 5.55. The van der Waals surface area contributed by atoms with Crippen molar-refractivity contribution in [1.29, 1.82) is 0 Å². The molecule has 11 heteroatoms. The topological polar surface area (TPSA) is 113 Å². The van der Waals surface area contributed by atoms with Crippen molar-refractivity contribution in [3.63, 3.8) is 0 Å². The van der Waals surface area contributed by atoms with Crippen LogP contribution in [-0.2, 0) is 11.3 Å². The molecule has 2 aliphatic rings.